The lowest BCUT2D eigenvalue weighted by atomic mass is 9.73. The van der Waals surface area contributed by atoms with Crippen LogP contribution in [0.1, 0.15) is 57.1 Å². The van der Waals surface area contributed by atoms with Gasteiger partial charge in [0.15, 0.2) is 0 Å². The Bertz CT molecular complexity index is 785. The zero-order valence-electron chi connectivity index (χ0n) is 17.7. The average molecular weight is 401 g/mol. The fourth-order valence-electron chi connectivity index (χ4n) is 4.91. The zero-order chi connectivity index (χ0) is 21.2. The molecule has 2 fully saturated rings. The summed E-state index contributed by atoms with van der Waals surface area (Å²) >= 11 is 0. The van der Waals surface area contributed by atoms with Crippen molar-refractivity contribution in [2.24, 2.45) is 5.92 Å². The number of carbonyl (C=O) groups excluding carboxylic acids is 3. The van der Waals surface area contributed by atoms with Crippen molar-refractivity contribution >= 4 is 17.7 Å². The number of rotatable bonds is 6. The third-order valence-corrected chi connectivity index (χ3v) is 6.69. The molecule has 2 saturated heterocycles. The van der Waals surface area contributed by atoms with Crippen LogP contribution in [0.5, 0.6) is 0 Å². The number of aryl methyl sites for hydroxylation is 1. The van der Waals surface area contributed by atoms with E-state index in [9.17, 15) is 19.5 Å². The molecule has 2 heterocycles. The number of imide groups is 1. The SMILES string of the molecule is CC[C@H](O)C1CCN(C(=O)C[C@@]2(c3ccccc3C)CC(=O)N(CC)C2=O)CC1. The highest BCUT2D eigenvalue weighted by Gasteiger charge is 2.54. The number of benzene rings is 1. The molecule has 1 aromatic carbocycles. The number of hydrogen-bond acceptors (Lipinski definition) is 4. The van der Waals surface area contributed by atoms with Crippen LogP contribution in [0.3, 0.4) is 0 Å². The number of amides is 3. The van der Waals surface area contributed by atoms with Crippen molar-refractivity contribution in [1.29, 1.82) is 0 Å². The average Bonchev–Trinajstić information content (AvgIpc) is 2.97. The van der Waals surface area contributed by atoms with Gasteiger partial charge in [0.25, 0.3) is 0 Å². The van der Waals surface area contributed by atoms with Gasteiger partial charge in [-0.1, -0.05) is 31.2 Å². The zero-order valence-corrected chi connectivity index (χ0v) is 17.7. The van der Waals surface area contributed by atoms with Crippen molar-refractivity contribution in [2.45, 2.75) is 64.4 Å². The van der Waals surface area contributed by atoms with Gasteiger partial charge in [0.2, 0.25) is 17.7 Å². The van der Waals surface area contributed by atoms with Crippen LogP contribution in [0.4, 0.5) is 0 Å². The van der Waals surface area contributed by atoms with E-state index in [0.717, 1.165) is 30.4 Å². The molecule has 6 heteroatoms. The van der Waals surface area contributed by atoms with Crippen LogP contribution in [-0.4, -0.2) is 58.4 Å². The Balaban J connectivity index is 1.84. The normalized spacial score (nSPS) is 24.3. The van der Waals surface area contributed by atoms with Gasteiger partial charge in [-0.25, -0.2) is 0 Å². The van der Waals surface area contributed by atoms with E-state index in [0.29, 0.717) is 19.6 Å². The van der Waals surface area contributed by atoms with E-state index in [2.05, 4.69) is 0 Å². The van der Waals surface area contributed by atoms with Crippen LogP contribution in [0.15, 0.2) is 24.3 Å². The monoisotopic (exact) mass is 400 g/mol. The van der Waals surface area contributed by atoms with Crippen LogP contribution in [-0.2, 0) is 19.8 Å². The molecule has 29 heavy (non-hydrogen) atoms. The summed E-state index contributed by atoms with van der Waals surface area (Å²) in [6.45, 7) is 7.17. The van der Waals surface area contributed by atoms with E-state index in [1.807, 2.05) is 38.1 Å². The largest absolute Gasteiger partial charge is 0.393 e. The van der Waals surface area contributed by atoms with Crippen LogP contribution in [0.2, 0.25) is 0 Å². The van der Waals surface area contributed by atoms with Gasteiger partial charge in [-0.3, -0.25) is 19.3 Å². The summed E-state index contributed by atoms with van der Waals surface area (Å²) in [5, 5.41) is 10.1. The van der Waals surface area contributed by atoms with Crippen molar-refractivity contribution in [2.75, 3.05) is 19.6 Å². The van der Waals surface area contributed by atoms with Gasteiger partial charge in [-0.05, 0) is 50.2 Å². The lowest BCUT2D eigenvalue weighted by Crippen LogP contribution is -2.46. The molecule has 1 N–H and O–H groups in total. The number of aliphatic hydroxyl groups excluding tert-OH is 1. The predicted molar refractivity (Wildman–Crippen MR) is 110 cm³/mol. The maximum atomic E-state index is 13.3. The molecular formula is C23H32N2O4. The van der Waals surface area contributed by atoms with E-state index in [1.54, 1.807) is 11.8 Å². The van der Waals surface area contributed by atoms with Crippen molar-refractivity contribution in [1.82, 2.24) is 9.80 Å². The molecular weight excluding hydrogens is 368 g/mol. The van der Waals surface area contributed by atoms with E-state index in [4.69, 9.17) is 0 Å². The van der Waals surface area contributed by atoms with Crippen molar-refractivity contribution in [3.8, 4) is 0 Å². The predicted octanol–water partition coefficient (Wildman–Crippen LogP) is 2.41. The molecule has 0 aromatic heterocycles. The van der Waals surface area contributed by atoms with Gasteiger partial charge in [-0.2, -0.15) is 0 Å². The fraction of sp³-hybridized carbons (Fsp3) is 0.609. The van der Waals surface area contributed by atoms with Crippen molar-refractivity contribution in [3.63, 3.8) is 0 Å². The molecule has 6 nitrogen and oxygen atoms in total. The Labute approximate surface area is 172 Å². The Morgan fingerprint density at radius 3 is 2.41 bits per heavy atom. The second-order valence-corrected chi connectivity index (χ2v) is 8.39. The van der Waals surface area contributed by atoms with Crippen LogP contribution in [0, 0.1) is 12.8 Å². The molecule has 3 rings (SSSR count). The molecule has 2 aliphatic heterocycles. The molecule has 0 aliphatic carbocycles. The smallest absolute Gasteiger partial charge is 0.240 e. The van der Waals surface area contributed by atoms with Gasteiger partial charge in [0, 0.05) is 32.5 Å². The molecule has 2 aliphatic rings. The van der Waals surface area contributed by atoms with Gasteiger partial charge >= 0.3 is 0 Å². The second kappa shape index (κ2) is 8.66. The molecule has 158 valence electrons. The summed E-state index contributed by atoms with van der Waals surface area (Å²) in [5.41, 5.74) is 0.582. The van der Waals surface area contributed by atoms with E-state index in [1.165, 1.54) is 4.90 Å². The van der Waals surface area contributed by atoms with Crippen molar-refractivity contribution < 1.29 is 19.5 Å². The third kappa shape index (κ3) is 3.95. The summed E-state index contributed by atoms with van der Waals surface area (Å²) in [4.78, 5) is 42.2. The number of likely N-dealkylation sites (N-methyl/N-ethyl adjacent to an activating group) is 1. The van der Waals surface area contributed by atoms with E-state index >= 15 is 0 Å². The minimum absolute atomic E-state index is 0.0138. The third-order valence-electron chi connectivity index (χ3n) is 6.69. The summed E-state index contributed by atoms with van der Waals surface area (Å²) < 4.78 is 0. The minimum Gasteiger partial charge on any atom is -0.393 e. The lowest BCUT2D eigenvalue weighted by Gasteiger charge is -2.36. The van der Waals surface area contributed by atoms with Gasteiger partial charge < -0.3 is 10.0 Å². The Kier molecular flexibility index (Phi) is 6.42. The molecule has 0 radical (unpaired) electrons. The number of nitrogens with zero attached hydrogens (tertiary/aromatic N) is 2. The standard InChI is InChI=1S/C23H32N2O4/c1-4-19(26)17-10-12-24(13-11-17)20(27)14-23(18-9-7-6-8-16(18)3)15-21(28)25(5-2)22(23)29/h6-9,17,19,26H,4-5,10-15H2,1-3H3/t19-,23-/m0/s1. The first-order valence-corrected chi connectivity index (χ1v) is 10.7. The quantitative estimate of drug-likeness (QED) is 0.744. The first-order valence-electron chi connectivity index (χ1n) is 10.7. The maximum absolute atomic E-state index is 13.3. The molecule has 0 unspecified atom stereocenters. The molecule has 3 amide bonds. The summed E-state index contributed by atoms with van der Waals surface area (Å²) in [7, 11) is 0. The van der Waals surface area contributed by atoms with E-state index in [-0.39, 0.29) is 42.6 Å². The number of carbonyl (C=O) groups is 3. The Hall–Kier alpha value is -2.21. The first-order chi connectivity index (χ1) is 13.8. The summed E-state index contributed by atoms with van der Waals surface area (Å²) in [6, 6.07) is 7.55. The van der Waals surface area contributed by atoms with Gasteiger partial charge in [0.1, 0.15) is 0 Å². The number of likely N-dealkylation sites (tertiary alicyclic amines) is 2. The highest BCUT2D eigenvalue weighted by Crippen LogP contribution is 2.42. The second-order valence-electron chi connectivity index (χ2n) is 8.39. The molecule has 0 spiro atoms. The topological polar surface area (TPSA) is 77.9 Å². The molecule has 1 aromatic rings. The van der Waals surface area contributed by atoms with Crippen molar-refractivity contribution in [3.05, 3.63) is 35.4 Å². The van der Waals surface area contributed by atoms with E-state index < -0.39 is 5.41 Å². The van der Waals surface area contributed by atoms with Crippen LogP contribution >= 0.6 is 0 Å². The first kappa shape index (κ1) is 21.5. The Morgan fingerprint density at radius 2 is 1.86 bits per heavy atom. The molecule has 0 saturated carbocycles. The van der Waals surface area contributed by atoms with Gasteiger partial charge in [0.05, 0.1) is 11.5 Å². The fourth-order valence-corrected chi connectivity index (χ4v) is 4.91. The highest BCUT2D eigenvalue weighted by atomic mass is 16.3. The van der Waals surface area contributed by atoms with Crippen LogP contribution < -0.4 is 0 Å². The maximum Gasteiger partial charge on any atom is 0.240 e. The minimum atomic E-state index is -1.12. The van der Waals surface area contributed by atoms with Crippen LogP contribution in [0.25, 0.3) is 0 Å². The molecule has 2 atom stereocenters. The number of aliphatic hydroxyl groups is 1. The lowest BCUT2D eigenvalue weighted by molar-refractivity contribution is -0.143. The summed E-state index contributed by atoms with van der Waals surface area (Å²) in [6.07, 6.45) is 2.00. The molecule has 0 bridgehead atoms. The van der Waals surface area contributed by atoms with Gasteiger partial charge in [-0.15, -0.1) is 0 Å². The number of hydrogen-bond donors (Lipinski definition) is 1. The summed E-state index contributed by atoms with van der Waals surface area (Å²) in [5.74, 6) is -0.335. The number of piperidine rings is 1. The highest BCUT2D eigenvalue weighted by molar-refractivity contribution is 6.10. The Morgan fingerprint density at radius 1 is 1.21 bits per heavy atom.